The van der Waals surface area contributed by atoms with Gasteiger partial charge in [-0.2, -0.15) is 0 Å². The minimum Gasteiger partial charge on any atom is -0.494 e. The van der Waals surface area contributed by atoms with E-state index in [1.807, 2.05) is 37.4 Å². The van der Waals surface area contributed by atoms with Gasteiger partial charge in [-0.05, 0) is 31.4 Å². The van der Waals surface area contributed by atoms with E-state index in [4.69, 9.17) is 10.5 Å². The van der Waals surface area contributed by atoms with Crippen molar-refractivity contribution in [2.45, 2.75) is 31.7 Å². The van der Waals surface area contributed by atoms with Crippen LogP contribution in [0.4, 0.5) is 0 Å². The first-order chi connectivity index (χ1) is 9.68. The molecule has 4 nitrogen and oxygen atoms in total. The van der Waals surface area contributed by atoms with E-state index in [1.54, 1.807) is 4.90 Å². The van der Waals surface area contributed by atoms with Crippen molar-refractivity contribution >= 4 is 5.91 Å². The van der Waals surface area contributed by atoms with Crippen LogP contribution < -0.4 is 10.5 Å². The highest BCUT2D eigenvalue weighted by Gasteiger charge is 2.31. The van der Waals surface area contributed by atoms with E-state index in [0.717, 1.165) is 38.0 Å². The Morgan fingerprint density at radius 1 is 1.35 bits per heavy atom. The topological polar surface area (TPSA) is 55.6 Å². The zero-order valence-electron chi connectivity index (χ0n) is 12.1. The number of carbonyl (C=O) groups is 1. The van der Waals surface area contributed by atoms with Crippen LogP contribution >= 0.6 is 0 Å². The van der Waals surface area contributed by atoms with E-state index < -0.39 is 0 Å². The van der Waals surface area contributed by atoms with E-state index >= 15 is 0 Å². The molecule has 1 fully saturated rings. The van der Waals surface area contributed by atoms with Gasteiger partial charge in [0.05, 0.1) is 12.5 Å². The summed E-state index contributed by atoms with van der Waals surface area (Å²) in [6.07, 6.45) is 3.81. The summed E-state index contributed by atoms with van der Waals surface area (Å²) in [5.74, 6) is 1.09. The highest BCUT2D eigenvalue weighted by Crippen LogP contribution is 2.25. The number of hydrogen-bond acceptors (Lipinski definition) is 3. The minimum absolute atomic E-state index is 0.0232. The lowest BCUT2D eigenvalue weighted by Crippen LogP contribution is -2.40. The molecular weight excluding hydrogens is 252 g/mol. The first-order valence-corrected chi connectivity index (χ1v) is 7.37. The molecule has 4 heteroatoms. The molecule has 1 amide bonds. The number of nitrogens with zero attached hydrogens (tertiary/aromatic N) is 1. The molecule has 0 aliphatic heterocycles. The predicted molar refractivity (Wildman–Crippen MR) is 79.5 cm³/mol. The molecule has 0 saturated heterocycles. The number of ether oxygens (including phenoxy) is 1. The van der Waals surface area contributed by atoms with Crippen LogP contribution in [0.1, 0.15) is 25.7 Å². The molecule has 0 heterocycles. The van der Waals surface area contributed by atoms with Gasteiger partial charge in [0.2, 0.25) is 5.91 Å². The molecule has 1 aliphatic carbocycles. The summed E-state index contributed by atoms with van der Waals surface area (Å²) in [4.78, 5) is 14.0. The van der Waals surface area contributed by atoms with Crippen LogP contribution in [-0.4, -0.2) is 37.0 Å². The van der Waals surface area contributed by atoms with Gasteiger partial charge in [0.25, 0.3) is 0 Å². The van der Waals surface area contributed by atoms with E-state index in [-0.39, 0.29) is 17.9 Å². The van der Waals surface area contributed by atoms with Crippen LogP contribution in [0.2, 0.25) is 0 Å². The van der Waals surface area contributed by atoms with Crippen molar-refractivity contribution in [2.75, 3.05) is 20.2 Å². The lowest BCUT2D eigenvalue weighted by atomic mass is 10.0. The average Bonchev–Trinajstić information content (AvgIpc) is 2.90. The quantitative estimate of drug-likeness (QED) is 0.809. The van der Waals surface area contributed by atoms with Crippen molar-refractivity contribution in [1.29, 1.82) is 0 Å². The second-order valence-corrected chi connectivity index (χ2v) is 5.48. The summed E-state index contributed by atoms with van der Waals surface area (Å²) < 4.78 is 5.62. The van der Waals surface area contributed by atoms with Crippen LogP contribution in [0.15, 0.2) is 30.3 Å². The van der Waals surface area contributed by atoms with Gasteiger partial charge in [-0.15, -0.1) is 0 Å². The van der Waals surface area contributed by atoms with Crippen molar-refractivity contribution in [2.24, 2.45) is 11.7 Å². The Balaban J connectivity index is 1.67. The van der Waals surface area contributed by atoms with Gasteiger partial charge in [0.1, 0.15) is 5.75 Å². The molecule has 2 rings (SSSR count). The number of rotatable bonds is 6. The summed E-state index contributed by atoms with van der Waals surface area (Å²) in [5.41, 5.74) is 5.98. The van der Waals surface area contributed by atoms with Crippen LogP contribution in [0.5, 0.6) is 5.75 Å². The van der Waals surface area contributed by atoms with Gasteiger partial charge in [-0.1, -0.05) is 24.6 Å². The van der Waals surface area contributed by atoms with Gasteiger partial charge >= 0.3 is 0 Å². The third-order valence-corrected chi connectivity index (χ3v) is 3.91. The fraction of sp³-hybridized carbons (Fsp3) is 0.562. The van der Waals surface area contributed by atoms with Crippen LogP contribution in [0.3, 0.4) is 0 Å². The first-order valence-electron chi connectivity index (χ1n) is 7.37. The molecule has 110 valence electrons. The Morgan fingerprint density at radius 3 is 2.75 bits per heavy atom. The fourth-order valence-corrected chi connectivity index (χ4v) is 2.70. The number of amides is 1. The monoisotopic (exact) mass is 276 g/mol. The molecule has 1 aromatic carbocycles. The zero-order valence-corrected chi connectivity index (χ0v) is 12.1. The number of benzene rings is 1. The second-order valence-electron chi connectivity index (χ2n) is 5.48. The standard InChI is InChI=1S/C16H24N2O2/c1-18(16(19)14-9-5-10-15(14)17)11-6-12-20-13-7-3-2-4-8-13/h2-4,7-8,14-15H,5-6,9-12,17H2,1H3/t14-,15-/m1/s1. The number of nitrogens with two attached hydrogens (primary N) is 1. The average molecular weight is 276 g/mol. The first kappa shape index (κ1) is 14.9. The molecule has 0 aromatic heterocycles. The molecule has 0 unspecified atom stereocenters. The van der Waals surface area contributed by atoms with Crippen molar-refractivity contribution < 1.29 is 9.53 Å². The Morgan fingerprint density at radius 2 is 2.10 bits per heavy atom. The Labute approximate surface area is 120 Å². The largest absolute Gasteiger partial charge is 0.494 e. The van der Waals surface area contributed by atoms with Crippen LogP contribution in [-0.2, 0) is 4.79 Å². The minimum atomic E-state index is 0.0232. The molecule has 0 radical (unpaired) electrons. The Bertz CT molecular complexity index is 422. The maximum absolute atomic E-state index is 12.2. The molecule has 0 bridgehead atoms. The summed E-state index contributed by atoms with van der Waals surface area (Å²) in [6.45, 7) is 1.34. The highest BCUT2D eigenvalue weighted by atomic mass is 16.5. The maximum Gasteiger partial charge on any atom is 0.226 e. The third-order valence-electron chi connectivity index (χ3n) is 3.91. The molecular formula is C16H24N2O2. The molecule has 1 aliphatic rings. The molecule has 0 spiro atoms. The fourth-order valence-electron chi connectivity index (χ4n) is 2.70. The molecule has 1 aromatic rings. The summed E-state index contributed by atoms with van der Waals surface area (Å²) >= 11 is 0. The predicted octanol–water partition coefficient (Wildman–Crippen LogP) is 2.04. The van der Waals surface area contributed by atoms with Gasteiger partial charge in [-0.25, -0.2) is 0 Å². The van der Waals surface area contributed by atoms with E-state index in [2.05, 4.69) is 0 Å². The Kier molecular flexibility index (Phi) is 5.41. The van der Waals surface area contributed by atoms with Crippen molar-refractivity contribution in [3.63, 3.8) is 0 Å². The van der Waals surface area contributed by atoms with Gasteiger partial charge in [0.15, 0.2) is 0 Å². The van der Waals surface area contributed by atoms with Crippen LogP contribution in [0.25, 0.3) is 0 Å². The number of para-hydroxylation sites is 1. The highest BCUT2D eigenvalue weighted by molar-refractivity contribution is 5.79. The van der Waals surface area contributed by atoms with E-state index in [1.165, 1.54) is 0 Å². The lowest BCUT2D eigenvalue weighted by Gasteiger charge is -2.23. The normalized spacial score (nSPS) is 21.7. The van der Waals surface area contributed by atoms with Crippen molar-refractivity contribution in [3.8, 4) is 5.75 Å². The zero-order chi connectivity index (χ0) is 14.4. The second kappa shape index (κ2) is 7.29. The van der Waals surface area contributed by atoms with E-state index in [9.17, 15) is 4.79 Å². The van der Waals surface area contributed by atoms with Gasteiger partial charge in [0, 0.05) is 19.6 Å². The third kappa shape index (κ3) is 3.97. The molecule has 1 saturated carbocycles. The molecule has 2 N–H and O–H groups in total. The molecule has 20 heavy (non-hydrogen) atoms. The number of carbonyl (C=O) groups excluding carboxylic acids is 1. The Hall–Kier alpha value is -1.55. The lowest BCUT2D eigenvalue weighted by molar-refractivity contribution is -0.134. The van der Waals surface area contributed by atoms with Crippen molar-refractivity contribution in [1.82, 2.24) is 4.90 Å². The van der Waals surface area contributed by atoms with E-state index in [0.29, 0.717) is 6.61 Å². The summed E-state index contributed by atoms with van der Waals surface area (Å²) in [5, 5.41) is 0. The molecule has 2 atom stereocenters. The summed E-state index contributed by atoms with van der Waals surface area (Å²) in [6, 6.07) is 9.78. The smallest absolute Gasteiger partial charge is 0.226 e. The van der Waals surface area contributed by atoms with Gasteiger partial charge < -0.3 is 15.4 Å². The van der Waals surface area contributed by atoms with Gasteiger partial charge in [-0.3, -0.25) is 4.79 Å². The summed E-state index contributed by atoms with van der Waals surface area (Å²) in [7, 11) is 1.86. The number of hydrogen-bond donors (Lipinski definition) is 1. The SMILES string of the molecule is CN(CCCOc1ccccc1)C(=O)[C@@H]1CCC[C@H]1N. The van der Waals surface area contributed by atoms with Crippen molar-refractivity contribution in [3.05, 3.63) is 30.3 Å². The van der Waals surface area contributed by atoms with Crippen LogP contribution in [0, 0.1) is 5.92 Å². The maximum atomic E-state index is 12.2.